The van der Waals surface area contributed by atoms with Gasteiger partial charge in [0.05, 0.1) is 22.4 Å². The molecule has 0 bridgehead atoms. The van der Waals surface area contributed by atoms with Crippen LogP contribution in [0.15, 0.2) is 89.3 Å². The highest BCUT2D eigenvalue weighted by atomic mass is 16.7. The molecule has 4 aromatic carbocycles. The zero-order valence-corrected chi connectivity index (χ0v) is 20.8. The van der Waals surface area contributed by atoms with Crippen molar-refractivity contribution in [2.45, 2.75) is 38.9 Å². The van der Waals surface area contributed by atoms with E-state index in [-0.39, 0.29) is 0 Å². The van der Waals surface area contributed by atoms with Gasteiger partial charge in [0.25, 0.3) is 0 Å². The fourth-order valence-electron chi connectivity index (χ4n) is 5.25. The highest BCUT2D eigenvalue weighted by molar-refractivity contribution is 6.62. The summed E-state index contributed by atoms with van der Waals surface area (Å²) in [6.07, 6.45) is 0. The second-order valence-electron chi connectivity index (χ2n) is 10.7. The number of benzene rings is 4. The molecular weight excluding hydrogens is 445 g/mol. The van der Waals surface area contributed by atoms with Crippen LogP contribution in [0.1, 0.15) is 27.7 Å². The number of hydrogen-bond acceptors (Lipinski definition) is 4. The van der Waals surface area contributed by atoms with E-state index in [9.17, 15) is 0 Å². The number of pyridine rings is 1. The van der Waals surface area contributed by atoms with Gasteiger partial charge in [0.1, 0.15) is 11.2 Å². The number of aromatic nitrogens is 1. The summed E-state index contributed by atoms with van der Waals surface area (Å²) in [4.78, 5) is 5.14. The van der Waals surface area contributed by atoms with Crippen molar-refractivity contribution >= 4 is 56.2 Å². The van der Waals surface area contributed by atoms with E-state index in [1.165, 1.54) is 0 Å². The van der Waals surface area contributed by atoms with Gasteiger partial charge in [0.15, 0.2) is 0 Å². The van der Waals surface area contributed by atoms with Gasteiger partial charge < -0.3 is 13.7 Å². The van der Waals surface area contributed by atoms with Crippen LogP contribution in [-0.4, -0.2) is 23.3 Å². The molecule has 0 radical (unpaired) electrons. The first-order valence-corrected chi connectivity index (χ1v) is 12.4. The lowest BCUT2D eigenvalue weighted by Crippen LogP contribution is -2.41. The zero-order chi connectivity index (χ0) is 24.7. The maximum absolute atomic E-state index is 6.45. The van der Waals surface area contributed by atoms with Crippen molar-refractivity contribution < 1.29 is 13.7 Å². The molecule has 1 fully saturated rings. The molecule has 0 atom stereocenters. The van der Waals surface area contributed by atoms with Gasteiger partial charge in [-0.3, -0.25) is 0 Å². The second kappa shape index (κ2) is 7.42. The Bertz CT molecular complexity index is 1800. The molecule has 0 unspecified atom stereocenters. The van der Waals surface area contributed by atoms with E-state index in [1.54, 1.807) is 0 Å². The lowest BCUT2D eigenvalue weighted by Gasteiger charge is -2.32. The Kier molecular flexibility index (Phi) is 4.45. The van der Waals surface area contributed by atoms with Crippen LogP contribution in [0, 0.1) is 0 Å². The number of nitrogens with zero attached hydrogens (tertiary/aromatic N) is 1. The van der Waals surface area contributed by atoms with Crippen molar-refractivity contribution in [3.05, 3.63) is 84.9 Å². The second-order valence-corrected chi connectivity index (χ2v) is 10.7. The Labute approximate surface area is 210 Å². The summed E-state index contributed by atoms with van der Waals surface area (Å²) < 4.78 is 19.1. The molecule has 4 nitrogen and oxygen atoms in total. The first kappa shape index (κ1) is 21.6. The van der Waals surface area contributed by atoms with Gasteiger partial charge in [-0.2, -0.15) is 0 Å². The van der Waals surface area contributed by atoms with E-state index < -0.39 is 18.3 Å². The zero-order valence-electron chi connectivity index (χ0n) is 20.8. The molecule has 2 aromatic heterocycles. The van der Waals surface area contributed by atoms with Crippen LogP contribution >= 0.6 is 0 Å². The van der Waals surface area contributed by atoms with Gasteiger partial charge in [0, 0.05) is 32.5 Å². The molecule has 0 saturated carbocycles. The molecule has 1 saturated heterocycles. The highest BCUT2D eigenvalue weighted by Gasteiger charge is 2.51. The molecule has 0 aliphatic carbocycles. The van der Waals surface area contributed by atoms with Crippen LogP contribution in [0.4, 0.5) is 0 Å². The largest absolute Gasteiger partial charge is 0.494 e. The Balaban J connectivity index is 1.48. The molecular formula is C31H26BNO3. The Morgan fingerprint density at radius 2 is 1.36 bits per heavy atom. The summed E-state index contributed by atoms with van der Waals surface area (Å²) in [6, 6.07) is 29.2. The van der Waals surface area contributed by atoms with Gasteiger partial charge in [-0.05, 0) is 51.4 Å². The fraction of sp³-hybridized carbons (Fsp3) is 0.194. The van der Waals surface area contributed by atoms with E-state index in [2.05, 4.69) is 94.4 Å². The van der Waals surface area contributed by atoms with Crippen LogP contribution in [0.3, 0.4) is 0 Å². The molecule has 7 rings (SSSR count). The molecule has 5 heteroatoms. The molecule has 6 aromatic rings. The quantitative estimate of drug-likeness (QED) is 0.197. The van der Waals surface area contributed by atoms with Crippen molar-refractivity contribution in [3.8, 4) is 11.3 Å². The van der Waals surface area contributed by atoms with Crippen molar-refractivity contribution in [3.63, 3.8) is 0 Å². The van der Waals surface area contributed by atoms with Crippen LogP contribution in [-0.2, 0) is 9.31 Å². The summed E-state index contributed by atoms with van der Waals surface area (Å²) in [5.41, 5.74) is 4.87. The van der Waals surface area contributed by atoms with E-state index in [0.717, 1.165) is 60.3 Å². The van der Waals surface area contributed by atoms with Crippen LogP contribution < -0.4 is 5.46 Å². The third-order valence-corrected chi connectivity index (χ3v) is 7.89. The van der Waals surface area contributed by atoms with Gasteiger partial charge in [-0.1, -0.05) is 66.7 Å². The maximum Gasteiger partial charge on any atom is 0.494 e. The monoisotopic (exact) mass is 471 g/mol. The normalized spacial score (nSPS) is 17.1. The van der Waals surface area contributed by atoms with Gasteiger partial charge >= 0.3 is 7.12 Å². The molecule has 0 N–H and O–H groups in total. The van der Waals surface area contributed by atoms with Gasteiger partial charge in [0.2, 0.25) is 0 Å². The molecule has 1 aliphatic rings. The standard InChI is InChI=1S/C31H26BNO3/c1-30(2)31(3,4)36-32(35-30)20-11-9-10-19(18-20)28-24-17-16-22-21-12-6-8-15-26(21)34-29(22)27(24)23-13-5-7-14-25(23)33-28/h5-18H,1-4H3. The highest BCUT2D eigenvalue weighted by Crippen LogP contribution is 2.41. The topological polar surface area (TPSA) is 44.5 Å². The summed E-state index contributed by atoms with van der Waals surface area (Å²) >= 11 is 0. The molecule has 36 heavy (non-hydrogen) atoms. The number of fused-ring (bicyclic) bond motifs is 7. The van der Waals surface area contributed by atoms with Crippen LogP contribution in [0.5, 0.6) is 0 Å². The molecule has 3 heterocycles. The van der Waals surface area contributed by atoms with Crippen molar-refractivity contribution in [2.75, 3.05) is 0 Å². The Morgan fingerprint density at radius 3 is 2.17 bits per heavy atom. The first-order chi connectivity index (χ1) is 17.3. The van der Waals surface area contributed by atoms with Gasteiger partial charge in [-0.15, -0.1) is 0 Å². The molecule has 1 aliphatic heterocycles. The smallest absolute Gasteiger partial charge is 0.455 e. The average Bonchev–Trinajstić information content (AvgIpc) is 3.36. The van der Waals surface area contributed by atoms with Crippen LogP contribution in [0.2, 0.25) is 0 Å². The number of hydrogen-bond donors (Lipinski definition) is 0. The Hall–Kier alpha value is -3.67. The third kappa shape index (κ3) is 3.06. The number of para-hydroxylation sites is 2. The van der Waals surface area contributed by atoms with E-state index in [1.807, 2.05) is 18.2 Å². The van der Waals surface area contributed by atoms with E-state index >= 15 is 0 Å². The van der Waals surface area contributed by atoms with Crippen molar-refractivity contribution in [2.24, 2.45) is 0 Å². The summed E-state index contributed by atoms with van der Waals surface area (Å²) in [5.74, 6) is 0. The summed E-state index contributed by atoms with van der Waals surface area (Å²) in [5, 5.41) is 5.48. The average molecular weight is 471 g/mol. The lowest BCUT2D eigenvalue weighted by molar-refractivity contribution is 0.00578. The van der Waals surface area contributed by atoms with E-state index in [4.69, 9.17) is 18.7 Å². The predicted octanol–water partition coefficient (Wildman–Crippen LogP) is 7.25. The predicted molar refractivity (Wildman–Crippen MR) is 148 cm³/mol. The number of furan rings is 1. The summed E-state index contributed by atoms with van der Waals surface area (Å²) in [6.45, 7) is 8.31. The van der Waals surface area contributed by atoms with Crippen molar-refractivity contribution in [1.82, 2.24) is 4.98 Å². The third-order valence-electron chi connectivity index (χ3n) is 7.89. The SMILES string of the molecule is CC1(C)OB(c2cccc(-c3nc4ccccc4c4c3ccc3c5ccccc5oc34)c2)OC1(C)C. The molecule has 176 valence electrons. The summed E-state index contributed by atoms with van der Waals surface area (Å²) in [7, 11) is -0.427. The van der Waals surface area contributed by atoms with Gasteiger partial charge in [-0.25, -0.2) is 4.98 Å². The molecule has 0 spiro atoms. The minimum atomic E-state index is -0.427. The molecule has 0 amide bonds. The van der Waals surface area contributed by atoms with Crippen molar-refractivity contribution in [1.29, 1.82) is 0 Å². The fourth-order valence-corrected chi connectivity index (χ4v) is 5.25. The lowest BCUT2D eigenvalue weighted by atomic mass is 9.78. The van der Waals surface area contributed by atoms with E-state index in [0.29, 0.717) is 0 Å². The number of rotatable bonds is 2. The first-order valence-electron chi connectivity index (χ1n) is 12.4. The minimum Gasteiger partial charge on any atom is -0.455 e. The minimum absolute atomic E-state index is 0.394. The Morgan fingerprint density at radius 1 is 0.667 bits per heavy atom. The maximum atomic E-state index is 6.45. The van der Waals surface area contributed by atoms with Crippen LogP contribution in [0.25, 0.3) is 54.9 Å².